The first-order valence-corrected chi connectivity index (χ1v) is 5.56. The summed E-state index contributed by atoms with van der Waals surface area (Å²) in [4.78, 5) is 20.8. The molecule has 16 heavy (non-hydrogen) atoms. The largest absolute Gasteiger partial charge is 0.466 e. The summed E-state index contributed by atoms with van der Waals surface area (Å²) in [5.74, 6) is -0.148. The van der Waals surface area contributed by atoms with Crippen LogP contribution >= 0.6 is 0 Å². The Hall–Kier alpha value is -1.32. The van der Waals surface area contributed by atoms with Gasteiger partial charge in [0.05, 0.1) is 19.1 Å². The summed E-state index contributed by atoms with van der Waals surface area (Å²) >= 11 is 0. The Morgan fingerprint density at radius 1 is 1.12 bits per heavy atom. The van der Waals surface area contributed by atoms with Crippen molar-refractivity contribution in [1.29, 1.82) is 0 Å². The molecule has 0 atom stereocenters. The number of hydrogen-bond donors (Lipinski definition) is 0. The highest BCUT2D eigenvalue weighted by Gasteiger charge is 2.19. The standard InChI is InChI=1S/C8H12O2.C4H8O2/c1-2-10-8(9)7-5-3-4-6-7;1-3-6-4(2)5/h3-4,7H,2,5-6H2,1H3;3H2,1-2H3. The lowest BCUT2D eigenvalue weighted by atomic mass is 10.1. The molecule has 0 aromatic rings. The van der Waals surface area contributed by atoms with Crippen LogP contribution in [0.3, 0.4) is 0 Å². The van der Waals surface area contributed by atoms with E-state index in [1.54, 1.807) is 6.92 Å². The van der Waals surface area contributed by atoms with E-state index in [4.69, 9.17) is 4.74 Å². The smallest absolute Gasteiger partial charge is 0.309 e. The summed E-state index contributed by atoms with van der Waals surface area (Å²) in [5, 5.41) is 0. The third-order valence-electron chi connectivity index (χ3n) is 1.98. The Labute approximate surface area is 96.6 Å². The molecule has 0 saturated heterocycles. The number of ether oxygens (including phenoxy) is 2. The van der Waals surface area contributed by atoms with Crippen LogP contribution in [0.25, 0.3) is 0 Å². The van der Waals surface area contributed by atoms with E-state index in [-0.39, 0.29) is 17.9 Å². The maximum Gasteiger partial charge on any atom is 0.309 e. The first kappa shape index (κ1) is 14.7. The van der Waals surface area contributed by atoms with Crippen LogP contribution in [0.2, 0.25) is 0 Å². The Morgan fingerprint density at radius 2 is 1.62 bits per heavy atom. The highest BCUT2D eigenvalue weighted by molar-refractivity contribution is 5.73. The van der Waals surface area contributed by atoms with E-state index >= 15 is 0 Å². The molecule has 0 aromatic carbocycles. The fourth-order valence-electron chi connectivity index (χ4n) is 1.27. The summed E-state index contributed by atoms with van der Waals surface area (Å²) in [6, 6.07) is 0. The molecule has 1 rings (SSSR count). The molecule has 0 heterocycles. The molecule has 0 amide bonds. The average Bonchev–Trinajstić information content (AvgIpc) is 2.71. The molecule has 0 spiro atoms. The third kappa shape index (κ3) is 7.04. The van der Waals surface area contributed by atoms with Crippen molar-refractivity contribution in [1.82, 2.24) is 0 Å². The Balaban J connectivity index is 0.000000325. The lowest BCUT2D eigenvalue weighted by Crippen LogP contribution is -2.14. The van der Waals surface area contributed by atoms with Crippen molar-refractivity contribution in [2.45, 2.75) is 33.6 Å². The normalized spacial score (nSPS) is 13.9. The fourth-order valence-corrected chi connectivity index (χ4v) is 1.27. The minimum absolute atomic E-state index is 0.0486. The van der Waals surface area contributed by atoms with Gasteiger partial charge in [-0.15, -0.1) is 0 Å². The van der Waals surface area contributed by atoms with Gasteiger partial charge in [0.15, 0.2) is 0 Å². The van der Waals surface area contributed by atoms with Gasteiger partial charge in [0.1, 0.15) is 0 Å². The highest BCUT2D eigenvalue weighted by Crippen LogP contribution is 2.18. The van der Waals surface area contributed by atoms with Gasteiger partial charge in [0, 0.05) is 6.92 Å². The fraction of sp³-hybridized carbons (Fsp3) is 0.667. The highest BCUT2D eigenvalue weighted by atomic mass is 16.5. The summed E-state index contributed by atoms with van der Waals surface area (Å²) < 4.78 is 9.25. The van der Waals surface area contributed by atoms with Crippen LogP contribution in [-0.2, 0) is 19.1 Å². The second-order valence-electron chi connectivity index (χ2n) is 3.32. The molecule has 0 saturated carbocycles. The summed E-state index contributed by atoms with van der Waals surface area (Å²) in [5.41, 5.74) is 0. The Kier molecular flexibility index (Phi) is 8.21. The van der Waals surface area contributed by atoms with Crippen molar-refractivity contribution in [2.75, 3.05) is 13.2 Å². The van der Waals surface area contributed by atoms with Gasteiger partial charge in [-0.3, -0.25) is 9.59 Å². The summed E-state index contributed by atoms with van der Waals surface area (Å²) in [6.07, 6.45) is 5.78. The van der Waals surface area contributed by atoms with E-state index in [1.807, 2.05) is 19.1 Å². The summed E-state index contributed by atoms with van der Waals surface area (Å²) in [6.45, 7) is 5.98. The van der Waals surface area contributed by atoms with Gasteiger partial charge >= 0.3 is 11.9 Å². The quantitative estimate of drug-likeness (QED) is 0.548. The zero-order valence-corrected chi connectivity index (χ0v) is 10.2. The van der Waals surface area contributed by atoms with Gasteiger partial charge in [-0.1, -0.05) is 12.2 Å². The van der Waals surface area contributed by atoms with E-state index in [1.165, 1.54) is 6.92 Å². The number of carbonyl (C=O) groups excluding carboxylic acids is 2. The molecule has 0 radical (unpaired) electrons. The van der Waals surface area contributed by atoms with E-state index in [0.717, 1.165) is 12.8 Å². The summed E-state index contributed by atoms with van der Waals surface area (Å²) in [7, 11) is 0. The lowest BCUT2D eigenvalue weighted by molar-refractivity contribution is -0.147. The zero-order chi connectivity index (χ0) is 12.4. The van der Waals surface area contributed by atoms with E-state index in [2.05, 4.69) is 4.74 Å². The third-order valence-corrected chi connectivity index (χ3v) is 1.98. The minimum Gasteiger partial charge on any atom is -0.466 e. The van der Waals surface area contributed by atoms with E-state index in [9.17, 15) is 9.59 Å². The van der Waals surface area contributed by atoms with Crippen LogP contribution in [0, 0.1) is 5.92 Å². The zero-order valence-electron chi connectivity index (χ0n) is 10.2. The molecular weight excluding hydrogens is 208 g/mol. The molecule has 1 aliphatic carbocycles. The maximum atomic E-state index is 11.0. The minimum atomic E-state index is -0.211. The van der Waals surface area contributed by atoms with Gasteiger partial charge in [0.2, 0.25) is 0 Å². The van der Waals surface area contributed by atoms with Crippen molar-refractivity contribution in [2.24, 2.45) is 5.92 Å². The maximum absolute atomic E-state index is 11.0. The molecular formula is C12H20O4. The molecule has 0 fully saturated rings. The van der Waals surface area contributed by atoms with Crippen molar-refractivity contribution in [3.63, 3.8) is 0 Å². The predicted molar refractivity (Wildman–Crippen MR) is 60.8 cm³/mol. The lowest BCUT2D eigenvalue weighted by Gasteiger charge is -2.06. The predicted octanol–water partition coefficient (Wildman–Crippen LogP) is 2.09. The second kappa shape index (κ2) is 8.95. The van der Waals surface area contributed by atoms with Crippen LogP contribution < -0.4 is 0 Å². The molecule has 1 aliphatic rings. The SMILES string of the molecule is CCOC(=O)C1CC=CC1.CCOC(C)=O. The molecule has 92 valence electrons. The van der Waals surface area contributed by atoms with Crippen molar-refractivity contribution in [3.8, 4) is 0 Å². The molecule has 4 nitrogen and oxygen atoms in total. The first-order valence-electron chi connectivity index (χ1n) is 5.56. The molecule has 0 aliphatic heterocycles. The Bertz CT molecular complexity index is 237. The first-order chi connectivity index (χ1) is 7.61. The van der Waals surface area contributed by atoms with E-state index in [0.29, 0.717) is 13.2 Å². The number of esters is 2. The second-order valence-corrected chi connectivity index (χ2v) is 3.32. The molecule has 0 aromatic heterocycles. The molecule has 4 heteroatoms. The topological polar surface area (TPSA) is 52.6 Å². The van der Waals surface area contributed by atoms with Crippen molar-refractivity contribution < 1.29 is 19.1 Å². The monoisotopic (exact) mass is 228 g/mol. The van der Waals surface area contributed by atoms with Crippen LogP contribution in [0.5, 0.6) is 0 Å². The molecule has 0 N–H and O–H groups in total. The van der Waals surface area contributed by atoms with Gasteiger partial charge in [-0.05, 0) is 26.7 Å². The van der Waals surface area contributed by atoms with Gasteiger partial charge in [-0.25, -0.2) is 0 Å². The van der Waals surface area contributed by atoms with Crippen LogP contribution in [0.1, 0.15) is 33.6 Å². The van der Waals surface area contributed by atoms with Crippen LogP contribution in [-0.4, -0.2) is 25.2 Å². The van der Waals surface area contributed by atoms with Crippen molar-refractivity contribution in [3.05, 3.63) is 12.2 Å². The van der Waals surface area contributed by atoms with Crippen molar-refractivity contribution >= 4 is 11.9 Å². The number of allylic oxidation sites excluding steroid dienone is 2. The Morgan fingerprint density at radius 3 is 1.94 bits per heavy atom. The number of rotatable bonds is 3. The number of carbonyl (C=O) groups is 2. The van der Waals surface area contributed by atoms with Crippen LogP contribution in [0.15, 0.2) is 12.2 Å². The van der Waals surface area contributed by atoms with Gasteiger partial charge in [0.25, 0.3) is 0 Å². The molecule has 0 bridgehead atoms. The molecule has 0 unspecified atom stereocenters. The number of hydrogen-bond acceptors (Lipinski definition) is 4. The van der Waals surface area contributed by atoms with Gasteiger partial charge < -0.3 is 9.47 Å². The van der Waals surface area contributed by atoms with Gasteiger partial charge in [-0.2, -0.15) is 0 Å². The van der Waals surface area contributed by atoms with E-state index < -0.39 is 0 Å². The van der Waals surface area contributed by atoms with Crippen LogP contribution in [0.4, 0.5) is 0 Å². The average molecular weight is 228 g/mol.